The van der Waals surface area contributed by atoms with Crippen LogP contribution in [-0.4, -0.2) is 63.8 Å². The van der Waals surface area contributed by atoms with E-state index in [-0.39, 0.29) is 5.91 Å². The molecule has 0 unspecified atom stereocenters. The summed E-state index contributed by atoms with van der Waals surface area (Å²) < 4.78 is 7.18. The third kappa shape index (κ3) is 3.87. The number of thiazole rings is 1. The van der Waals surface area contributed by atoms with Crippen molar-refractivity contribution in [1.29, 1.82) is 0 Å². The molecule has 1 aliphatic heterocycles. The Morgan fingerprint density at radius 1 is 1.19 bits per heavy atom. The largest absolute Gasteiger partial charge is 0.494 e. The lowest BCUT2D eigenvalue weighted by Crippen LogP contribution is -2.27. The van der Waals surface area contributed by atoms with Crippen molar-refractivity contribution in [3.63, 3.8) is 0 Å². The lowest BCUT2D eigenvalue weighted by Gasteiger charge is -2.16. The van der Waals surface area contributed by atoms with E-state index in [1.54, 1.807) is 11.8 Å². The van der Waals surface area contributed by atoms with Crippen LogP contribution in [0, 0.1) is 5.92 Å². The van der Waals surface area contributed by atoms with Crippen molar-refractivity contribution >= 4 is 50.0 Å². The molecule has 1 aromatic carbocycles. The number of ether oxygens (including phenoxy) is 1. The van der Waals surface area contributed by atoms with E-state index < -0.39 is 0 Å². The summed E-state index contributed by atoms with van der Waals surface area (Å²) in [6, 6.07) is 7.85. The molecule has 3 aromatic heterocycles. The van der Waals surface area contributed by atoms with E-state index in [9.17, 15) is 4.79 Å². The zero-order chi connectivity index (χ0) is 22.4. The minimum Gasteiger partial charge on any atom is -0.494 e. The number of carbonyl (C=O) groups is 1. The highest BCUT2D eigenvalue weighted by atomic mass is 32.1. The van der Waals surface area contributed by atoms with Gasteiger partial charge in [0.25, 0.3) is 5.91 Å². The number of anilines is 2. The average molecular weight is 452 g/mol. The van der Waals surface area contributed by atoms with E-state index in [2.05, 4.69) is 39.6 Å². The predicted molar refractivity (Wildman–Crippen MR) is 127 cm³/mol. The lowest BCUT2D eigenvalue weighted by atomic mass is 10.1. The topological polar surface area (TPSA) is 97.2 Å². The maximum atomic E-state index is 12.9. The fraction of sp³-hybridized carbons (Fsp3) is 0.364. The minimum atomic E-state index is -0.296. The van der Waals surface area contributed by atoms with Gasteiger partial charge in [-0.15, -0.1) is 0 Å². The van der Waals surface area contributed by atoms with Gasteiger partial charge in [0.1, 0.15) is 21.9 Å². The van der Waals surface area contributed by atoms with Gasteiger partial charge < -0.3 is 20.3 Å². The molecule has 1 fully saturated rings. The number of likely N-dealkylation sites (tertiary alicyclic amines) is 1. The first-order chi connectivity index (χ1) is 15.4. The van der Waals surface area contributed by atoms with Gasteiger partial charge in [-0.25, -0.2) is 9.97 Å². The number of methoxy groups -OCH3 is 1. The normalized spacial score (nSPS) is 19.0. The molecule has 4 heterocycles. The maximum absolute atomic E-state index is 12.9. The van der Waals surface area contributed by atoms with Gasteiger partial charge in [-0.1, -0.05) is 18.3 Å². The molecule has 0 radical (unpaired) electrons. The highest BCUT2D eigenvalue weighted by Crippen LogP contribution is 2.31. The average Bonchev–Trinajstić information content (AvgIpc) is 3.42. The predicted octanol–water partition coefficient (Wildman–Crippen LogP) is 3.20. The third-order valence-corrected chi connectivity index (χ3v) is 6.73. The zero-order valence-electron chi connectivity index (χ0n) is 18.4. The van der Waals surface area contributed by atoms with E-state index in [4.69, 9.17) is 9.72 Å². The number of pyridine rings is 1. The van der Waals surface area contributed by atoms with Crippen LogP contribution in [0.25, 0.3) is 21.3 Å². The summed E-state index contributed by atoms with van der Waals surface area (Å²) in [6.45, 7) is 4.30. The summed E-state index contributed by atoms with van der Waals surface area (Å²) >= 11 is 1.28. The Bertz CT molecular complexity index is 1310. The molecule has 0 aliphatic carbocycles. The van der Waals surface area contributed by atoms with Crippen LogP contribution < -0.4 is 15.4 Å². The van der Waals surface area contributed by atoms with Crippen molar-refractivity contribution < 1.29 is 9.53 Å². The molecule has 0 spiro atoms. The highest BCUT2D eigenvalue weighted by molar-refractivity contribution is 7.20. The van der Waals surface area contributed by atoms with Crippen LogP contribution in [0.5, 0.6) is 5.75 Å². The van der Waals surface area contributed by atoms with Gasteiger partial charge >= 0.3 is 0 Å². The Balaban J connectivity index is 1.37. The number of rotatable bonds is 5. The number of nitrogens with zero attached hydrogens (tertiary/aromatic N) is 5. The Hall–Kier alpha value is -3.24. The molecular formula is C22H25N7O2S. The summed E-state index contributed by atoms with van der Waals surface area (Å²) in [5.74, 6) is 1.61. The van der Waals surface area contributed by atoms with Gasteiger partial charge in [0.2, 0.25) is 0 Å². The second-order valence-electron chi connectivity index (χ2n) is 8.36. The molecule has 4 aromatic rings. The van der Waals surface area contributed by atoms with Crippen molar-refractivity contribution in [1.82, 2.24) is 24.6 Å². The van der Waals surface area contributed by atoms with Crippen molar-refractivity contribution in [2.24, 2.45) is 13.0 Å². The van der Waals surface area contributed by atoms with Crippen LogP contribution in [0.15, 0.2) is 30.5 Å². The minimum absolute atomic E-state index is 0.296. The number of benzene rings is 1. The molecule has 2 atom stereocenters. The molecule has 1 saturated heterocycles. The van der Waals surface area contributed by atoms with Crippen molar-refractivity contribution in [2.45, 2.75) is 13.0 Å². The molecular weight excluding hydrogens is 426 g/mol. The first-order valence-corrected chi connectivity index (χ1v) is 11.3. The van der Waals surface area contributed by atoms with Gasteiger partial charge in [-0.2, -0.15) is 5.10 Å². The number of aromatic nitrogens is 4. The van der Waals surface area contributed by atoms with E-state index in [1.807, 2.05) is 37.5 Å². The van der Waals surface area contributed by atoms with Gasteiger partial charge in [0, 0.05) is 43.8 Å². The Kier molecular flexibility index (Phi) is 5.18. The molecule has 10 heteroatoms. The summed E-state index contributed by atoms with van der Waals surface area (Å²) in [4.78, 5) is 25.2. The van der Waals surface area contributed by atoms with Crippen LogP contribution in [0.3, 0.4) is 0 Å². The number of likely N-dealkylation sites (N-methyl/N-ethyl adjacent to an activating group) is 1. The molecule has 32 heavy (non-hydrogen) atoms. The number of hydrogen-bond acceptors (Lipinski definition) is 8. The first kappa shape index (κ1) is 20.7. The Labute approximate surface area is 189 Å². The number of hydrogen-bond donors (Lipinski definition) is 2. The fourth-order valence-corrected chi connectivity index (χ4v) is 5.03. The summed E-state index contributed by atoms with van der Waals surface area (Å²) in [7, 11) is 5.55. The lowest BCUT2D eigenvalue weighted by molar-refractivity contribution is 0.102. The monoisotopic (exact) mass is 451 g/mol. The van der Waals surface area contributed by atoms with E-state index in [1.165, 1.54) is 11.3 Å². The summed E-state index contributed by atoms with van der Waals surface area (Å²) in [5, 5.41) is 12.1. The summed E-state index contributed by atoms with van der Waals surface area (Å²) in [5.41, 5.74) is 2.08. The molecule has 1 amide bonds. The van der Waals surface area contributed by atoms with Crippen LogP contribution in [-0.2, 0) is 7.05 Å². The van der Waals surface area contributed by atoms with E-state index in [0.717, 1.165) is 34.6 Å². The Morgan fingerprint density at radius 3 is 2.78 bits per heavy atom. The number of aryl methyl sites for hydroxylation is 1. The van der Waals surface area contributed by atoms with Gasteiger partial charge in [0.15, 0.2) is 5.01 Å². The highest BCUT2D eigenvalue weighted by Gasteiger charge is 2.27. The van der Waals surface area contributed by atoms with Crippen LogP contribution in [0.1, 0.15) is 16.7 Å². The van der Waals surface area contributed by atoms with Gasteiger partial charge in [-0.3, -0.25) is 9.48 Å². The van der Waals surface area contributed by atoms with Crippen LogP contribution in [0.2, 0.25) is 0 Å². The van der Waals surface area contributed by atoms with Crippen LogP contribution >= 0.6 is 11.3 Å². The van der Waals surface area contributed by atoms with Crippen LogP contribution in [0.4, 0.5) is 11.5 Å². The zero-order valence-corrected chi connectivity index (χ0v) is 19.2. The second-order valence-corrected chi connectivity index (χ2v) is 9.33. The molecule has 9 nitrogen and oxygen atoms in total. The standard InChI is InChI=1S/C22H25N7O2S/c1-12-9-28(2)11-17(12)23-19-6-5-14-21(26-19)32-22(25-14)20(30)24-16-7-13-10-29(3)27-15(13)8-18(16)31-4/h5-8,10,12,17H,9,11H2,1-4H3,(H,23,26)(H,24,30)/t12-,17+/m1/s1. The summed E-state index contributed by atoms with van der Waals surface area (Å²) in [6.07, 6.45) is 1.89. The molecule has 166 valence electrons. The third-order valence-electron chi connectivity index (χ3n) is 5.77. The maximum Gasteiger partial charge on any atom is 0.284 e. The van der Waals surface area contributed by atoms with E-state index >= 15 is 0 Å². The SMILES string of the molecule is COc1cc2nn(C)cc2cc1NC(=O)c1nc2ccc(N[C@H]3CN(C)C[C@H]3C)nc2s1. The number of nitrogens with one attached hydrogen (secondary N) is 2. The molecule has 1 aliphatic rings. The number of amides is 1. The molecule has 5 rings (SSSR count). The van der Waals surface area contributed by atoms with Gasteiger partial charge in [0.05, 0.1) is 18.3 Å². The molecule has 0 bridgehead atoms. The Morgan fingerprint density at radius 2 is 2.03 bits per heavy atom. The molecule has 0 saturated carbocycles. The quantitative estimate of drug-likeness (QED) is 0.481. The number of fused-ring (bicyclic) bond motifs is 2. The van der Waals surface area contributed by atoms with Crippen molar-refractivity contribution in [3.05, 3.63) is 35.5 Å². The molecule has 2 N–H and O–H groups in total. The first-order valence-electron chi connectivity index (χ1n) is 10.4. The second kappa shape index (κ2) is 8.03. The fourth-order valence-electron chi connectivity index (χ4n) is 4.20. The van der Waals surface area contributed by atoms with E-state index in [0.29, 0.717) is 33.9 Å². The van der Waals surface area contributed by atoms with Crippen molar-refractivity contribution in [2.75, 3.05) is 37.9 Å². The van der Waals surface area contributed by atoms with Crippen molar-refractivity contribution in [3.8, 4) is 5.75 Å². The smallest absolute Gasteiger partial charge is 0.284 e. The number of carbonyl (C=O) groups excluding carboxylic acids is 1. The van der Waals surface area contributed by atoms with Gasteiger partial charge in [-0.05, 0) is 31.2 Å².